The molecule has 0 heterocycles. The Morgan fingerprint density at radius 2 is 1.88 bits per heavy atom. The lowest BCUT2D eigenvalue weighted by atomic mass is 9.94. The largest absolute Gasteiger partial charge is 0.312 e. The molecular formula is C14H21ClFN. The zero-order valence-corrected chi connectivity index (χ0v) is 11.7. The maximum atomic E-state index is 13.6. The molecule has 1 rings (SSSR count). The van der Waals surface area contributed by atoms with Crippen molar-refractivity contribution in [2.24, 2.45) is 5.92 Å². The zero-order chi connectivity index (χ0) is 13.0. The SMILES string of the molecule is CC(C)NC(C)C(C)Cc1ccc(Cl)cc1F. The lowest BCUT2D eigenvalue weighted by Crippen LogP contribution is -2.37. The van der Waals surface area contributed by atoms with Gasteiger partial charge >= 0.3 is 0 Å². The van der Waals surface area contributed by atoms with E-state index in [0.717, 1.165) is 12.0 Å². The van der Waals surface area contributed by atoms with Crippen LogP contribution in [-0.2, 0) is 6.42 Å². The van der Waals surface area contributed by atoms with Crippen LogP contribution in [0.1, 0.15) is 33.3 Å². The second-order valence-corrected chi connectivity index (χ2v) is 5.46. The van der Waals surface area contributed by atoms with Gasteiger partial charge in [0.1, 0.15) is 5.82 Å². The summed E-state index contributed by atoms with van der Waals surface area (Å²) in [4.78, 5) is 0. The van der Waals surface area contributed by atoms with E-state index in [1.54, 1.807) is 12.1 Å². The third-order valence-corrected chi connectivity index (χ3v) is 3.24. The summed E-state index contributed by atoms with van der Waals surface area (Å²) in [5.41, 5.74) is 0.735. The van der Waals surface area contributed by atoms with Crippen LogP contribution in [0, 0.1) is 11.7 Å². The molecule has 0 fully saturated rings. The quantitative estimate of drug-likeness (QED) is 0.839. The van der Waals surface area contributed by atoms with Gasteiger partial charge in [-0.25, -0.2) is 4.39 Å². The standard InChI is InChI=1S/C14H21ClFN/c1-9(2)17-11(4)10(3)7-12-5-6-13(15)8-14(12)16/h5-6,8-11,17H,7H2,1-4H3. The molecule has 3 heteroatoms. The lowest BCUT2D eigenvalue weighted by molar-refractivity contribution is 0.368. The molecule has 0 saturated carbocycles. The fraction of sp³-hybridized carbons (Fsp3) is 0.571. The Balaban J connectivity index is 2.64. The molecule has 0 radical (unpaired) electrons. The van der Waals surface area contributed by atoms with Crippen molar-refractivity contribution in [1.29, 1.82) is 0 Å². The normalized spacial score (nSPS) is 15.0. The number of nitrogens with one attached hydrogen (secondary N) is 1. The van der Waals surface area contributed by atoms with E-state index in [9.17, 15) is 4.39 Å². The van der Waals surface area contributed by atoms with E-state index in [0.29, 0.717) is 23.0 Å². The highest BCUT2D eigenvalue weighted by Crippen LogP contribution is 2.19. The minimum absolute atomic E-state index is 0.207. The van der Waals surface area contributed by atoms with E-state index in [2.05, 4.69) is 33.0 Å². The Bertz CT molecular complexity index is 365. The van der Waals surface area contributed by atoms with Crippen LogP contribution >= 0.6 is 11.6 Å². The minimum atomic E-state index is -0.207. The number of benzene rings is 1. The summed E-state index contributed by atoms with van der Waals surface area (Å²) in [7, 11) is 0. The molecule has 1 nitrogen and oxygen atoms in total. The minimum Gasteiger partial charge on any atom is -0.312 e. The highest BCUT2D eigenvalue weighted by molar-refractivity contribution is 6.30. The Morgan fingerprint density at radius 3 is 2.41 bits per heavy atom. The van der Waals surface area contributed by atoms with Gasteiger partial charge in [-0.05, 0) is 37.0 Å². The second-order valence-electron chi connectivity index (χ2n) is 5.03. The van der Waals surface area contributed by atoms with E-state index in [-0.39, 0.29) is 5.82 Å². The maximum Gasteiger partial charge on any atom is 0.127 e. The van der Waals surface area contributed by atoms with Gasteiger partial charge in [-0.3, -0.25) is 0 Å². The Hall–Kier alpha value is -0.600. The van der Waals surface area contributed by atoms with E-state index in [4.69, 9.17) is 11.6 Å². The van der Waals surface area contributed by atoms with Gasteiger partial charge in [0.2, 0.25) is 0 Å². The molecule has 1 N–H and O–H groups in total. The fourth-order valence-corrected chi connectivity index (χ4v) is 2.06. The van der Waals surface area contributed by atoms with Crippen LogP contribution < -0.4 is 5.32 Å². The molecule has 0 bridgehead atoms. The maximum absolute atomic E-state index is 13.6. The third-order valence-electron chi connectivity index (χ3n) is 3.01. The third kappa shape index (κ3) is 4.64. The average molecular weight is 258 g/mol. The van der Waals surface area contributed by atoms with E-state index in [1.807, 2.05) is 0 Å². The number of rotatable bonds is 5. The smallest absolute Gasteiger partial charge is 0.127 e. The van der Waals surface area contributed by atoms with Crippen LogP contribution in [0.15, 0.2) is 18.2 Å². The van der Waals surface area contributed by atoms with Crippen molar-refractivity contribution in [2.75, 3.05) is 0 Å². The van der Waals surface area contributed by atoms with Crippen molar-refractivity contribution < 1.29 is 4.39 Å². The summed E-state index contributed by atoms with van der Waals surface area (Å²) in [5, 5.41) is 3.90. The number of hydrogen-bond donors (Lipinski definition) is 1. The topological polar surface area (TPSA) is 12.0 Å². The number of halogens is 2. The molecule has 0 aromatic heterocycles. The van der Waals surface area contributed by atoms with Crippen LogP contribution in [0.4, 0.5) is 4.39 Å². The van der Waals surface area contributed by atoms with Gasteiger partial charge < -0.3 is 5.32 Å². The van der Waals surface area contributed by atoms with Gasteiger partial charge in [0.25, 0.3) is 0 Å². The first-order chi connectivity index (χ1) is 7.90. The second kappa shape index (κ2) is 6.36. The summed E-state index contributed by atoms with van der Waals surface area (Å²) < 4.78 is 13.6. The molecule has 1 aromatic carbocycles. The van der Waals surface area contributed by atoms with Gasteiger partial charge in [0.05, 0.1) is 0 Å². The van der Waals surface area contributed by atoms with Gasteiger partial charge in [-0.15, -0.1) is 0 Å². The van der Waals surface area contributed by atoms with Gasteiger partial charge in [-0.1, -0.05) is 38.4 Å². The highest BCUT2D eigenvalue weighted by Gasteiger charge is 2.15. The van der Waals surface area contributed by atoms with Crippen LogP contribution in [0.2, 0.25) is 5.02 Å². The molecule has 0 spiro atoms. The molecule has 0 amide bonds. The molecule has 2 atom stereocenters. The summed E-state index contributed by atoms with van der Waals surface area (Å²) in [6, 6.07) is 5.71. The van der Waals surface area contributed by atoms with Crippen LogP contribution in [0.3, 0.4) is 0 Å². The Kier molecular flexibility index (Phi) is 5.41. The van der Waals surface area contributed by atoms with Gasteiger partial charge in [0, 0.05) is 17.1 Å². The first kappa shape index (κ1) is 14.5. The van der Waals surface area contributed by atoms with Crippen LogP contribution in [-0.4, -0.2) is 12.1 Å². The summed E-state index contributed by atoms with van der Waals surface area (Å²) in [6.07, 6.45) is 0.726. The van der Waals surface area contributed by atoms with Crippen molar-refractivity contribution >= 4 is 11.6 Å². The van der Waals surface area contributed by atoms with E-state index >= 15 is 0 Å². The Morgan fingerprint density at radius 1 is 1.24 bits per heavy atom. The monoisotopic (exact) mass is 257 g/mol. The lowest BCUT2D eigenvalue weighted by Gasteiger charge is -2.23. The molecule has 1 aromatic rings. The molecule has 96 valence electrons. The summed E-state index contributed by atoms with van der Waals surface area (Å²) >= 11 is 5.73. The van der Waals surface area contributed by atoms with E-state index < -0.39 is 0 Å². The summed E-state index contributed by atoms with van der Waals surface area (Å²) in [6.45, 7) is 8.50. The summed E-state index contributed by atoms with van der Waals surface area (Å²) in [5.74, 6) is 0.175. The molecule has 0 saturated heterocycles. The first-order valence-electron chi connectivity index (χ1n) is 6.10. The molecule has 17 heavy (non-hydrogen) atoms. The molecule has 0 aliphatic rings. The van der Waals surface area contributed by atoms with Crippen LogP contribution in [0.25, 0.3) is 0 Å². The molecular weight excluding hydrogens is 237 g/mol. The first-order valence-corrected chi connectivity index (χ1v) is 6.48. The number of hydrogen-bond acceptors (Lipinski definition) is 1. The van der Waals surface area contributed by atoms with Crippen molar-refractivity contribution in [3.05, 3.63) is 34.6 Å². The van der Waals surface area contributed by atoms with Crippen molar-refractivity contribution in [1.82, 2.24) is 5.32 Å². The van der Waals surface area contributed by atoms with Gasteiger partial charge in [-0.2, -0.15) is 0 Å². The highest BCUT2D eigenvalue weighted by atomic mass is 35.5. The van der Waals surface area contributed by atoms with Crippen LogP contribution in [0.5, 0.6) is 0 Å². The van der Waals surface area contributed by atoms with Gasteiger partial charge in [0.15, 0.2) is 0 Å². The van der Waals surface area contributed by atoms with Crippen molar-refractivity contribution in [3.8, 4) is 0 Å². The molecule has 0 aliphatic carbocycles. The van der Waals surface area contributed by atoms with Crippen molar-refractivity contribution in [2.45, 2.75) is 46.2 Å². The molecule has 2 unspecified atom stereocenters. The van der Waals surface area contributed by atoms with Crippen molar-refractivity contribution in [3.63, 3.8) is 0 Å². The predicted molar refractivity (Wildman–Crippen MR) is 72.0 cm³/mol. The molecule has 0 aliphatic heterocycles. The Labute approximate surface area is 108 Å². The average Bonchev–Trinajstić information content (AvgIpc) is 2.21. The fourth-order valence-electron chi connectivity index (χ4n) is 1.90. The van der Waals surface area contributed by atoms with E-state index in [1.165, 1.54) is 6.07 Å². The predicted octanol–water partition coefficient (Wildman–Crippen LogP) is 4.04. The zero-order valence-electron chi connectivity index (χ0n) is 10.9.